The van der Waals surface area contributed by atoms with E-state index in [1.807, 2.05) is 28.1 Å². The highest BCUT2D eigenvalue weighted by Gasteiger charge is 2.48. The van der Waals surface area contributed by atoms with Gasteiger partial charge in [0.05, 0.1) is 23.9 Å². The highest BCUT2D eigenvalue weighted by atomic mass is 16.5. The van der Waals surface area contributed by atoms with Crippen molar-refractivity contribution in [3.63, 3.8) is 0 Å². The highest BCUT2D eigenvalue weighted by Crippen LogP contribution is 2.48. The van der Waals surface area contributed by atoms with Gasteiger partial charge in [0.25, 0.3) is 0 Å². The van der Waals surface area contributed by atoms with Crippen LogP contribution in [0.25, 0.3) is 0 Å². The highest BCUT2D eigenvalue weighted by molar-refractivity contribution is 6.05. The van der Waals surface area contributed by atoms with Gasteiger partial charge in [-0.2, -0.15) is 5.26 Å². The number of aromatic nitrogens is 2. The van der Waals surface area contributed by atoms with Gasteiger partial charge in [0.15, 0.2) is 0 Å². The van der Waals surface area contributed by atoms with E-state index >= 15 is 0 Å². The molecule has 6 rings (SSSR count). The van der Waals surface area contributed by atoms with Crippen LogP contribution >= 0.6 is 0 Å². The number of benzene rings is 2. The molecular weight excluding hydrogens is 454 g/mol. The number of amides is 2. The lowest BCUT2D eigenvalue weighted by Gasteiger charge is -2.34. The standard InChI is InChI=1S/C28H27N5O3/c29-15-20-2-1-3-23(12-20)32-17-22(14-26(32)34)27(35)33-18-28(6-10-36-11-7-28)24-13-21(4-5-25(24)33)16-31-9-8-30-19-31/h1-5,8-9,12-13,19,22H,6-7,10-11,14,16-18H2/t22-/m0/s1. The van der Waals surface area contributed by atoms with Crippen LogP contribution in [-0.4, -0.2) is 47.7 Å². The van der Waals surface area contributed by atoms with Gasteiger partial charge >= 0.3 is 0 Å². The van der Waals surface area contributed by atoms with E-state index < -0.39 is 5.92 Å². The van der Waals surface area contributed by atoms with Gasteiger partial charge < -0.3 is 19.1 Å². The van der Waals surface area contributed by atoms with E-state index in [1.54, 1.807) is 29.3 Å². The molecule has 0 aliphatic carbocycles. The van der Waals surface area contributed by atoms with Crippen LogP contribution in [0, 0.1) is 17.2 Å². The molecule has 2 aromatic carbocycles. The van der Waals surface area contributed by atoms with Crippen LogP contribution in [0.5, 0.6) is 0 Å². The predicted octanol–water partition coefficient (Wildman–Crippen LogP) is 3.25. The molecule has 3 aromatic rings. The first-order valence-electron chi connectivity index (χ1n) is 12.4. The SMILES string of the molecule is N#Cc1cccc(N2C[C@@H](C(=O)N3CC4(CCOCC4)c4cc(Cn5ccnc5)ccc43)CC2=O)c1. The number of rotatable bonds is 4. The monoisotopic (exact) mass is 481 g/mol. The third kappa shape index (κ3) is 3.86. The second-order valence-electron chi connectivity index (χ2n) is 9.97. The number of fused-ring (bicyclic) bond motifs is 2. The molecule has 1 aromatic heterocycles. The molecule has 2 amide bonds. The molecule has 8 nitrogen and oxygen atoms in total. The Morgan fingerprint density at radius 1 is 1.19 bits per heavy atom. The Morgan fingerprint density at radius 2 is 2.06 bits per heavy atom. The first-order valence-corrected chi connectivity index (χ1v) is 12.4. The number of hydrogen-bond donors (Lipinski definition) is 0. The van der Waals surface area contributed by atoms with Crippen LogP contribution in [0.15, 0.2) is 61.2 Å². The zero-order chi connectivity index (χ0) is 24.7. The minimum Gasteiger partial charge on any atom is -0.381 e. The summed E-state index contributed by atoms with van der Waals surface area (Å²) in [5, 5.41) is 9.23. The van der Waals surface area contributed by atoms with Crippen LogP contribution in [0.4, 0.5) is 11.4 Å². The van der Waals surface area contributed by atoms with Crippen molar-refractivity contribution in [2.75, 3.05) is 36.1 Å². The maximum absolute atomic E-state index is 13.9. The number of ether oxygens (including phenoxy) is 1. The van der Waals surface area contributed by atoms with Crippen molar-refractivity contribution in [1.29, 1.82) is 5.26 Å². The van der Waals surface area contributed by atoms with E-state index in [9.17, 15) is 14.9 Å². The molecule has 182 valence electrons. The molecule has 36 heavy (non-hydrogen) atoms. The van der Waals surface area contributed by atoms with E-state index in [4.69, 9.17) is 4.74 Å². The molecule has 0 N–H and O–H groups in total. The van der Waals surface area contributed by atoms with E-state index in [0.717, 1.165) is 25.1 Å². The van der Waals surface area contributed by atoms with Gasteiger partial charge in [0.2, 0.25) is 11.8 Å². The summed E-state index contributed by atoms with van der Waals surface area (Å²) in [4.78, 5) is 34.5. The Labute approximate surface area is 209 Å². The molecule has 4 heterocycles. The lowest BCUT2D eigenvalue weighted by Crippen LogP contribution is -2.43. The average Bonchev–Trinajstić information content (AvgIpc) is 3.63. The fourth-order valence-corrected chi connectivity index (χ4v) is 5.88. The maximum atomic E-state index is 13.9. The molecule has 1 spiro atoms. The van der Waals surface area contributed by atoms with Gasteiger partial charge in [-0.15, -0.1) is 0 Å². The third-order valence-corrected chi connectivity index (χ3v) is 7.79. The van der Waals surface area contributed by atoms with Gasteiger partial charge in [-0.05, 0) is 48.2 Å². The van der Waals surface area contributed by atoms with Crippen LogP contribution in [0.1, 0.15) is 36.0 Å². The van der Waals surface area contributed by atoms with E-state index in [-0.39, 0.29) is 23.7 Å². The van der Waals surface area contributed by atoms with Crippen LogP contribution in [0.3, 0.4) is 0 Å². The van der Waals surface area contributed by atoms with Gasteiger partial charge in [-0.1, -0.05) is 18.2 Å². The van der Waals surface area contributed by atoms with Crippen molar-refractivity contribution in [3.8, 4) is 6.07 Å². The summed E-state index contributed by atoms with van der Waals surface area (Å²) < 4.78 is 7.73. The Bertz CT molecular complexity index is 1350. The van der Waals surface area contributed by atoms with Gasteiger partial charge in [-0.3, -0.25) is 9.59 Å². The Balaban J connectivity index is 1.28. The van der Waals surface area contributed by atoms with E-state index in [1.165, 1.54) is 11.1 Å². The fraction of sp³-hybridized carbons (Fsp3) is 0.357. The summed E-state index contributed by atoms with van der Waals surface area (Å²) in [6.07, 6.45) is 7.45. The third-order valence-electron chi connectivity index (χ3n) is 7.79. The molecule has 0 bridgehead atoms. The van der Waals surface area contributed by atoms with E-state index in [2.05, 4.69) is 29.3 Å². The molecule has 0 radical (unpaired) electrons. The summed E-state index contributed by atoms with van der Waals surface area (Å²) in [7, 11) is 0. The molecule has 1 atom stereocenters. The smallest absolute Gasteiger partial charge is 0.232 e. The van der Waals surface area contributed by atoms with Gasteiger partial charge in [0.1, 0.15) is 0 Å². The van der Waals surface area contributed by atoms with Crippen molar-refractivity contribution in [3.05, 3.63) is 77.9 Å². The number of nitrogens with zero attached hydrogens (tertiary/aromatic N) is 5. The van der Waals surface area contributed by atoms with Crippen molar-refractivity contribution >= 4 is 23.2 Å². The zero-order valence-corrected chi connectivity index (χ0v) is 20.0. The Hall–Kier alpha value is -3.96. The minimum absolute atomic E-state index is 0.00531. The van der Waals surface area contributed by atoms with Gasteiger partial charge in [0, 0.05) is 68.5 Å². The van der Waals surface area contributed by atoms with Crippen molar-refractivity contribution in [2.24, 2.45) is 5.92 Å². The summed E-state index contributed by atoms with van der Waals surface area (Å²) in [6.45, 7) is 3.03. The largest absolute Gasteiger partial charge is 0.381 e. The Morgan fingerprint density at radius 3 is 2.83 bits per heavy atom. The van der Waals surface area contributed by atoms with Gasteiger partial charge in [-0.25, -0.2) is 4.98 Å². The van der Waals surface area contributed by atoms with Crippen LogP contribution in [0.2, 0.25) is 0 Å². The molecule has 8 heteroatoms. The predicted molar refractivity (Wildman–Crippen MR) is 133 cm³/mol. The first kappa shape index (κ1) is 22.5. The lowest BCUT2D eigenvalue weighted by atomic mass is 9.75. The van der Waals surface area contributed by atoms with Crippen molar-refractivity contribution in [1.82, 2.24) is 9.55 Å². The van der Waals surface area contributed by atoms with E-state index in [0.29, 0.717) is 37.6 Å². The number of carbonyl (C=O) groups is 2. The fourth-order valence-electron chi connectivity index (χ4n) is 5.88. The second kappa shape index (κ2) is 8.92. The number of hydrogen-bond acceptors (Lipinski definition) is 5. The number of carbonyl (C=O) groups excluding carboxylic acids is 2. The molecule has 3 aliphatic rings. The normalized spacial score (nSPS) is 20.5. The molecule has 0 saturated carbocycles. The zero-order valence-electron chi connectivity index (χ0n) is 20.0. The minimum atomic E-state index is -0.420. The summed E-state index contributed by atoms with van der Waals surface area (Å²) >= 11 is 0. The first-order chi connectivity index (χ1) is 17.6. The molecular formula is C28H27N5O3. The maximum Gasteiger partial charge on any atom is 0.232 e. The van der Waals surface area contributed by atoms with Crippen LogP contribution < -0.4 is 9.80 Å². The number of nitriles is 1. The number of anilines is 2. The average molecular weight is 482 g/mol. The quantitative estimate of drug-likeness (QED) is 0.571. The second-order valence-corrected chi connectivity index (χ2v) is 9.97. The van der Waals surface area contributed by atoms with Crippen molar-refractivity contribution in [2.45, 2.75) is 31.2 Å². The summed E-state index contributed by atoms with van der Waals surface area (Å²) in [6, 6.07) is 15.5. The summed E-state index contributed by atoms with van der Waals surface area (Å²) in [5.74, 6) is -0.509. The molecule has 3 aliphatic heterocycles. The molecule has 2 saturated heterocycles. The molecule has 0 unspecified atom stereocenters. The number of imidazole rings is 1. The topological polar surface area (TPSA) is 91.5 Å². The lowest BCUT2D eigenvalue weighted by molar-refractivity contribution is -0.124. The van der Waals surface area contributed by atoms with Crippen molar-refractivity contribution < 1.29 is 14.3 Å². The molecule has 2 fully saturated rings. The Kier molecular flexibility index (Phi) is 5.57. The summed E-state index contributed by atoms with van der Waals surface area (Å²) in [5.41, 5.74) is 4.37. The van der Waals surface area contributed by atoms with Crippen LogP contribution in [-0.2, 0) is 26.3 Å².